The average molecular weight is 323 g/mol. The Labute approximate surface area is 121 Å². The molecule has 0 unspecified atom stereocenters. The standard InChI is InChI=1S/C14H8ClF5O/c15-7-8-2-1-3-10(4-8)21-13-11(16)5-9(6-12(13)17)14(18,19)20/h1-6H,7H2. The molecule has 0 aliphatic heterocycles. The summed E-state index contributed by atoms with van der Waals surface area (Å²) in [5, 5.41) is 0. The second-order valence-electron chi connectivity index (χ2n) is 4.15. The molecule has 1 nitrogen and oxygen atoms in total. The van der Waals surface area contributed by atoms with Gasteiger partial charge in [0.15, 0.2) is 17.4 Å². The van der Waals surface area contributed by atoms with Crippen molar-refractivity contribution in [2.24, 2.45) is 0 Å². The summed E-state index contributed by atoms with van der Waals surface area (Å²) in [6.07, 6.45) is -4.83. The molecule has 0 bridgehead atoms. The average Bonchev–Trinajstić information content (AvgIpc) is 2.42. The Morgan fingerprint density at radius 2 is 1.62 bits per heavy atom. The number of hydrogen-bond donors (Lipinski definition) is 0. The summed E-state index contributed by atoms with van der Waals surface area (Å²) in [6, 6.07) is 6.43. The molecule has 0 radical (unpaired) electrons. The van der Waals surface area contributed by atoms with Crippen molar-refractivity contribution in [3.63, 3.8) is 0 Å². The van der Waals surface area contributed by atoms with Gasteiger partial charge in [-0.05, 0) is 29.8 Å². The second kappa shape index (κ2) is 5.89. The molecule has 0 aromatic heterocycles. The highest BCUT2D eigenvalue weighted by Gasteiger charge is 2.33. The minimum absolute atomic E-state index is 0.0747. The zero-order chi connectivity index (χ0) is 15.6. The highest BCUT2D eigenvalue weighted by atomic mass is 35.5. The molecule has 0 aliphatic rings. The van der Waals surface area contributed by atoms with Gasteiger partial charge in [-0.2, -0.15) is 13.2 Å². The lowest BCUT2D eigenvalue weighted by Gasteiger charge is -2.12. The van der Waals surface area contributed by atoms with Crippen LogP contribution in [0.15, 0.2) is 36.4 Å². The van der Waals surface area contributed by atoms with Crippen molar-refractivity contribution in [2.75, 3.05) is 0 Å². The molecule has 0 saturated heterocycles. The van der Waals surface area contributed by atoms with Gasteiger partial charge in [0.05, 0.1) is 5.56 Å². The summed E-state index contributed by atoms with van der Waals surface area (Å²) in [7, 11) is 0. The number of halogens is 6. The maximum atomic E-state index is 13.6. The minimum atomic E-state index is -4.83. The third-order valence-corrected chi connectivity index (χ3v) is 2.91. The van der Waals surface area contributed by atoms with Crippen LogP contribution in [0.25, 0.3) is 0 Å². The van der Waals surface area contributed by atoms with Gasteiger partial charge in [-0.3, -0.25) is 0 Å². The van der Waals surface area contributed by atoms with Gasteiger partial charge in [0.2, 0.25) is 0 Å². The van der Waals surface area contributed by atoms with Crippen molar-refractivity contribution in [3.8, 4) is 11.5 Å². The first-order valence-corrected chi connectivity index (χ1v) is 6.23. The van der Waals surface area contributed by atoms with Gasteiger partial charge in [-0.1, -0.05) is 12.1 Å². The first-order chi connectivity index (χ1) is 9.81. The fraction of sp³-hybridized carbons (Fsp3) is 0.143. The van der Waals surface area contributed by atoms with E-state index in [2.05, 4.69) is 0 Å². The normalized spacial score (nSPS) is 11.5. The molecule has 0 amide bonds. The van der Waals surface area contributed by atoms with E-state index in [1.165, 1.54) is 12.1 Å². The van der Waals surface area contributed by atoms with Crippen LogP contribution in [0.4, 0.5) is 22.0 Å². The van der Waals surface area contributed by atoms with Crippen molar-refractivity contribution in [1.82, 2.24) is 0 Å². The SMILES string of the molecule is Fc1cc(C(F)(F)F)cc(F)c1Oc1cccc(CCl)c1. The maximum absolute atomic E-state index is 13.6. The Hall–Kier alpha value is -1.82. The van der Waals surface area contributed by atoms with Gasteiger partial charge in [-0.25, -0.2) is 8.78 Å². The summed E-state index contributed by atoms with van der Waals surface area (Å²) in [4.78, 5) is 0. The highest BCUT2D eigenvalue weighted by molar-refractivity contribution is 6.17. The number of rotatable bonds is 3. The van der Waals surface area contributed by atoms with Crippen molar-refractivity contribution >= 4 is 11.6 Å². The smallest absolute Gasteiger partial charge is 0.416 e. The Kier molecular flexibility index (Phi) is 4.37. The van der Waals surface area contributed by atoms with Crippen LogP contribution < -0.4 is 4.74 Å². The molecular formula is C14H8ClF5O. The zero-order valence-corrected chi connectivity index (χ0v) is 11.1. The Morgan fingerprint density at radius 3 is 2.14 bits per heavy atom. The van der Waals surface area contributed by atoms with Gasteiger partial charge in [0.25, 0.3) is 0 Å². The predicted molar refractivity (Wildman–Crippen MR) is 67.4 cm³/mol. The molecule has 0 saturated carbocycles. The van der Waals surface area contributed by atoms with Crippen LogP contribution in [0.3, 0.4) is 0 Å². The minimum Gasteiger partial charge on any atom is -0.451 e. The zero-order valence-electron chi connectivity index (χ0n) is 10.3. The molecule has 0 fully saturated rings. The molecular weight excluding hydrogens is 315 g/mol. The van der Waals surface area contributed by atoms with E-state index in [1.807, 2.05) is 0 Å². The Bertz CT molecular complexity index is 631. The van der Waals surface area contributed by atoms with Gasteiger partial charge < -0.3 is 4.74 Å². The van der Waals surface area contributed by atoms with Crippen molar-refractivity contribution < 1.29 is 26.7 Å². The molecule has 2 aromatic carbocycles. The lowest BCUT2D eigenvalue weighted by atomic mass is 10.2. The predicted octanol–water partition coefficient (Wildman–Crippen LogP) is 5.51. The summed E-state index contributed by atoms with van der Waals surface area (Å²) < 4.78 is 69.5. The quantitative estimate of drug-likeness (QED) is 0.534. The fourth-order valence-corrected chi connectivity index (χ4v) is 1.80. The van der Waals surface area contributed by atoms with Crippen LogP contribution in [0.5, 0.6) is 11.5 Å². The van der Waals surface area contributed by atoms with Crippen LogP contribution in [0.2, 0.25) is 0 Å². The summed E-state index contributed by atoms with van der Waals surface area (Å²) in [6.45, 7) is 0. The second-order valence-corrected chi connectivity index (χ2v) is 4.42. The molecule has 0 aliphatic carbocycles. The molecule has 7 heteroatoms. The van der Waals surface area contributed by atoms with E-state index in [4.69, 9.17) is 16.3 Å². The van der Waals surface area contributed by atoms with Crippen LogP contribution in [-0.4, -0.2) is 0 Å². The largest absolute Gasteiger partial charge is 0.451 e. The molecule has 0 heterocycles. The van der Waals surface area contributed by atoms with Crippen molar-refractivity contribution in [2.45, 2.75) is 12.1 Å². The lowest BCUT2D eigenvalue weighted by Crippen LogP contribution is -2.07. The highest BCUT2D eigenvalue weighted by Crippen LogP contribution is 2.35. The van der Waals surface area contributed by atoms with E-state index >= 15 is 0 Å². The molecule has 112 valence electrons. The molecule has 2 rings (SSSR count). The monoisotopic (exact) mass is 322 g/mol. The van der Waals surface area contributed by atoms with Gasteiger partial charge in [0, 0.05) is 5.88 Å². The van der Waals surface area contributed by atoms with E-state index in [0.717, 1.165) is 0 Å². The van der Waals surface area contributed by atoms with Crippen LogP contribution in [0, 0.1) is 11.6 Å². The van der Waals surface area contributed by atoms with Gasteiger partial charge in [0.1, 0.15) is 5.75 Å². The van der Waals surface area contributed by atoms with Crippen LogP contribution in [-0.2, 0) is 12.1 Å². The first kappa shape index (κ1) is 15.6. The topological polar surface area (TPSA) is 9.23 Å². The maximum Gasteiger partial charge on any atom is 0.416 e. The summed E-state index contributed by atoms with van der Waals surface area (Å²) in [5.74, 6) is -3.52. The number of hydrogen-bond acceptors (Lipinski definition) is 1. The molecule has 2 aromatic rings. The van der Waals surface area contributed by atoms with E-state index in [9.17, 15) is 22.0 Å². The summed E-state index contributed by atoms with van der Waals surface area (Å²) in [5.41, 5.74) is -0.777. The number of ether oxygens (including phenoxy) is 1. The van der Waals surface area contributed by atoms with E-state index in [0.29, 0.717) is 5.56 Å². The lowest BCUT2D eigenvalue weighted by molar-refractivity contribution is -0.138. The van der Waals surface area contributed by atoms with E-state index in [-0.39, 0.29) is 23.8 Å². The molecule has 0 spiro atoms. The number of alkyl halides is 4. The van der Waals surface area contributed by atoms with Gasteiger partial charge in [-0.15, -0.1) is 11.6 Å². The molecule has 0 atom stereocenters. The summed E-state index contributed by atoms with van der Waals surface area (Å²) >= 11 is 5.61. The van der Waals surface area contributed by atoms with Crippen molar-refractivity contribution in [3.05, 3.63) is 59.2 Å². The fourth-order valence-electron chi connectivity index (χ4n) is 1.63. The molecule has 0 N–H and O–H groups in total. The third kappa shape index (κ3) is 3.64. The number of benzene rings is 2. The Morgan fingerprint density at radius 1 is 1.00 bits per heavy atom. The Balaban J connectivity index is 2.36. The van der Waals surface area contributed by atoms with Crippen molar-refractivity contribution in [1.29, 1.82) is 0 Å². The third-order valence-electron chi connectivity index (χ3n) is 2.60. The van der Waals surface area contributed by atoms with E-state index in [1.54, 1.807) is 12.1 Å². The van der Waals surface area contributed by atoms with Crippen LogP contribution in [0.1, 0.15) is 11.1 Å². The molecule has 21 heavy (non-hydrogen) atoms. The van der Waals surface area contributed by atoms with Crippen LogP contribution >= 0.6 is 11.6 Å². The first-order valence-electron chi connectivity index (χ1n) is 5.70. The van der Waals surface area contributed by atoms with Gasteiger partial charge >= 0.3 is 6.18 Å². The van der Waals surface area contributed by atoms with E-state index < -0.39 is 29.1 Å².